The first-order valence-electron chi connectivity index (χ1n) is 6.26. The molecule has 1 heterocycles. The second-order valence-electron chi connectivity index (χ2n) is 4.78. The van der Waals surface area contributed by atoms with Gasteiger partial charge in [-0.05, 0) is 37.3 Å². The van der Waals surface area contributed by atoms with Crippen LogP contribution in [0.2, 0.25) is 0 Å². The first-order chi connectivity index (χ1) is 7.86. The molecule has 1 aromatic rings. The molecule has 1 fully saturated rings. The van der Waals surface area contributed by atoms with Crippen LogP contribution in [0, 0.1) is 0 Å². The Bertz CT molecular complexity index is 419. The van der Waals surface area contributed by atoms with Gasteiger partial charge in [0.15, 0.2) is 5.78 Å². The Morgan fingerprint density at radius 2 is 1.81 bits per heavy atom. The summed E-state index contributed by atoms with van der Waals surface area (Å²) in [5, 5.41) is 0. The van der Waals surface area contributed by atoms with Gasteiger partial charge in [0.05, 0.1) is 0 Å². The minimum atomic E-state index is 0.344. The summed E-state index contributed by atoms with van der Waals surface area (Å²) in [4.78, 5) is 14.3. The molecule has 84 valence electrons. The van der Waals surface area contributed by atoms with Gasteiger partial charge in [-0.25, -0.2) is 0 Å². The van der Waals surface area contributed by atoms with Crippen molar-refractivity contribution in [2.45, 2.75) is 32.1 Å². The van der Waals surface area contributed by atoms with E-state index in [-0.39, 0.29) is 0 Å². The number of anilines is 1. The van der Waals surface area contributed by atoms with Gasteiger partial charge in [0.1, 0.15) is 0 Å². The van der Waals surface area contributed by atoms with Gasteiger partial charge in [0, 0.05) is 30.8 Å². The van der Waals surface area contributed by atoms with Gasteiger partial charge in [-0.3, -0.25) is 4.79 Å². The van der Waals surface area contributed by atoms with Crippen molar-refractivity contribution in [3.05, 3.63) is 29.3 Å². The number of benzene rings is 1. The third-order valence-corrected chi connectivity index (χ3v) is 3.73. The number of hydrogen-bond acceptors (Lipinski definition) is 2. The fourth-order valence-electron chi connectivity index (χ4n) is 2.89. The fourth-order valence-corrected chi connectivity index (χ4v) is 2.89. The van der Waals surface area contributed by atoms with Crippen molar-refractivity contribution in [3.8, 4) is 0 Å². The monoisotopic (exact) mass is 215 g/mol. The van der Waals surface area contributed by atoms with E-state index in [1.165, 1.54) is 30.5 Å². The molecule has 2 aliphatic rings. The molecular weight excluding hydrogens is 198 g/mol. The van der Waals surface area contributed by atoms with E-state index in [4.69, 9.17) is 0 Å². The van der Waals surface area contributed by atoms with Crippen LogP contribution in [0.1, 0.15) is 41.6 Å². The third kappa shape index (κ3) is 1.53. The van der Waals surface area contributed by atoms with Crippen LogP contribution < -0.4 is 4.90 Å². The van der Waals surface area contributed by atoms with Crippen LogP contribution in [0.3, 0.4) is 0 Å². The Hall–Kier alpha value is -1.31. The summed E-state index contributed by atoms with van der Waals surface area (Å²) in [6.45, 7) is 2.23. The zero-order valence-corrected chi connectivity index (χ0v) is 9.54. The number of fused-ring (bicyclic) bond motifs is 1. The number of aryl methyl sites for hydroxylation is 1. The molecule has 1 aliphatic heterocycles. The van der Waals surface area contributed by atoms with E-state index >= 15 is 0 Å². The zero-order chi connectivity index (χ0) is 11.0. The van der Waals surface area contributed by atoms with Crippen LogP contribution in [0.15, 0.2) is 18.2 Å². The number of carbonyl (C=O) groups is 1. The number of rotatable bonds is 1. The zero-order valence-electron chi connectivity index (χ0n) is 9.54. The van der Waals surface area contributed by atoms with Gasteiger partial charge in [-0.1, -0.05) is 12.1 Å². The van der Waals surface area contributed by atoms with Crippen molar-refractivity contribution >= 4 is 11.5 Å². The summed E-state index contributed by atoms with van der Waals surface area (Å²) < 4.78 is 0. The predicted molar refractivity (Wildman–Crippen MR) is 65.2 cm³/mol. The molecule has 16 heavy (non-hydrogen) atoms. The average Bonchev–Trinajstić information content (AvgIpc) is 2.73. The van der Waals surface area contributed by atoms with E-state index in [0.29, 0.717) is 12.2 Å². The van der Waals surface area contributed by atoms with E-state index < -0.39 is 0 Å². The highest BCUT2D eigenvalue weighted by Crippen LogP contribution is 2.32. The lowest BCUT2D eigenvalue weighted by atomic mass is 10.0. The van der Waals surface area contributed by atoms with Crippen LogP contribution in [0.25, 0.3) is 0 Å². The lowest BCUT2D eigenvalue weighted by molar-refractivity contribution is 0.0995. The second kappa shape index (κ2) is 3.93. The van der Waals surface area contributed by atoms with Crippen LogP contribution in [0.5, 0.6) is 0 Å². The molecule has 2 heteroatoms. The highest BCUT2D eigenvalue weighted by molar-refractivity contribution is 6.05. The van der Waals surface area contributed by atoms with Crippen molar-refractivity contribution in [1.82, 2.24) is 0 Å². The molecule has 1 aromatic carbocycles. The van der Waals surface area contributed by atoms with Crippen LogP contribution in [-0.4, -0.2) is 18.9 Å². The summed E-state index contributed by atoms with van der Waals surface area (Å²) in [6.07, 6.45) is 5.51. The van der Waals surface area contributed by atoms with E-state index in [1.807, 2.05) is 0 Å². The van der Waals surface area contributed by atoms with E-state index in [1.54, 1.807) is 0 Å². The number of Topliss-reactive ketones (excluding diaryl/α,β-unsaturated/α-hetero) is 1. The highest BCUT2D eigenvalue weighted by Gasteiger charge is 2.25. The number of piperidine rings is 1. The maximum absolute atomic E-state index is 11.9. The summed E-state index contributed by atoms with van der Waals surface area (Å²) in [7, 11) is 0. The molecule has 0 bridgehead atoms. The first-order valence-corrected chi connectivity index (χ1v) is 6.26. The average molecular weight is 215 g/mol. The Morgan fingerprint density at radius 1 is 1.00 bits per heavy atom. The van der Waals surface area contributed by atoms with Crippen molar-refractivity contribution in [2.75, 3.05) is 18.0 Å². The smallest absolute Gasteiger partial charge is 0.165 e. The molecule has 0 atom stereocenters. The quantitative estimate of drug-likeness (QED) is 0.718. The minimum absolute atomic E-state index is 0.344. The van der Waals surface area contributed by atoms with Crippen LogP contribution in [0.4, 0.5) is 5.69 Å². The highest BCUT2D eigenvalue weighted by atomic mass is 16.1. The lowest BCUT2D eigenvalue weighted by Crippen LogP contribution is -2.30. The molecule has 0 unspecified atom stereocenters. The van der Waals surface area contributed by atoms with Crippen LogP contribution in [-0.2, 0) is 6.42 Å². The predicted octanol–water partition coefficient (Wildman–Crippen LogP) is 2.81. The molecule has 0 aromatic heterocycles. The molecule has 0 N–H and O–H groups in total. The van der Waals surface area contributed by atoms with Crippen LogP contribution >= 0.6 is 0 Å². The largest absolute Gasteiger partial charge is 0.371 e. The minimum Gasteiger partial charge on any atom is -0.371 e. The van der Waals surface area contributed by atoms with Crippen molar-refractivity contribution < 1.29 is 4.79 Å². The normalized spacial score (nSPS) is 20.0. The third-order valence-electron chi connectivity index (χ3n) is 3.73. The molecule has 2 nitrogen and oxygen atoms in total. The second-order valence-corrected chi connectivity index (χ2v) is 4.78. The Balaban J connectivity index is 2.00. The molecule has 0 amide bonds. The van der Waals surface area contributed by atoms with Gasteiger partial charge >= 0.3 is 0 Å². The Labute approximate surface area is 96.3 Å². The molecule has 0 radical (unpaired) electrons. The fraction of sp³-hybridized carbons (Fsp3) is 0.500. The maximum Gasteiger partial charge on any atom is 0.165 e. The van der Waals surface area contributed by atoms with E-state index in [9.17, 15) is 4.79 Å². The number of hydrogen-bond donors (Lipinski definition) is 0. The maximum atomic E-state index is 11.9. The Morgan fingerprint density at radius 3 is 2.62 bits per heavy atom. The first kappa shape index (κ1) is 9.88. The number of nitrogens with zero attached hydrogens (tertiary/aromatic N) is 1. The van der Waals surface area contributed by atoms with Gasteiger partial charge in [-0.15, -0.1) is 0 Å². The molecule has 0 spiro atoms. The topological polar surface area (TPSA) is 20.3 Å². The molecule has 1 saturated heterocycles. The van der Waals surface area contributed by atoms with Crippen molar-refractivity contribution in [2.24, 2.45) is 0 Å². The van der Waals surface area contributed by atoms with Gasteiger partial charge in [-0.2, -0.15) is 0 Å². The summed E-state index contributed by atoms with van der Waals surface area (Å²) >= 11 is 0. The lowest BCUT2D eigenvalue weighted by Gasteiger charge is -2.30. The number of carbonyl (C=O) groups excluding carboxylic acids is 1. The van der Waals surface area contributed by atoms with Crippen molar-refractivity contribution in [1.29, 1.82) is 0 Å². The summed E-state index contributed by atoms with van der Waals surface area (Å²) in [6, 6.07) is 6.32. The molecular formula is C14H17NO. The standard InChI is InChI=1S/C14H17NO/c16-13-8-7-11-5-4-6-12(14(11)13)15-9-2-1-3-10-15/h4-6H,1-3,7-10H2. The van der Waals surface area contributed by atoms with E-state index in [2.05, 4.69) is 23.1 Å². The summed E-state index contributed by atoms with van der Waals surface area (Å²) in [5.74, 6) is 0.344. The molecule has 0 saturated carbocycles. The summed E-state index contributed by atoms with van der Waals surface area (Å²) in [5.41, 5.74) is 3.47. The van der Waals surface area contributed by atoms with Gasteiger partial charge in [0.25, 0.3) is 0 Å². The molecule has 3 rings (SSSR count). The van der Waals surface area contributed by atoms with Crippen molar-refractivity contribution in [3.63, 3.8) is 0 Å². The molecule has 1 aliphatic carbocycles. The SMILES string of the molecule is O=C1CCc2cccc(N3CCCCC3)c21. The van der Waals surface area contributed by atoms with Gasteiger partial charge in [0.2, 0.25) is 0 Å². The number of ketones is 1. The Kier molecular flexibility index (Phi) is 2.43. The van der Waals surface area contributed by atoms with E-state index in [0.717, 1.165) is 25.1 Å². The van der Waals surface area contributed by atoms with Gasteiger partial charge < -0.3 is 4.90 Å².